The predicted octanol–water partition coefficient (Wildman–Crippen LogP) is 6.81. The van der Waals surface area contributed by atoms with Crippen LogP contribution in [0.25, 0.3) is 0 Å². The standard InChI is InChI=1S/C19H26N6O2.C18H23ClN6O2/c1-13-3-2-4-15(9-13)11-22-19-23-12-17(25(26)27)18(24-19)21-10-14-5-7-16(20)8-6-14;19-14-3-1-2-13(8-14)10-22-18-23-11-16(25(26)27)17(24-18)21-9-12-4-6-15(20)7-5-12/h2-4,9,12,14,16H,5-8,10-11,20H2,1H3,(H2,21,22,23,24);1-3,8,11-12,15H,4-7,9-10,20H2,(H2,21,22,23,24). The molecule has 0 amide bonds. The summed E-state index contributed by atoms with van der Waals surface area (Å²) in [4.78, 5) is 38.4. The minimum atomic E-state index is -0.472. The zero-order valence-electron chi connectivity index (χ0n) is 30.4. The van der Waals surface area contributed by atoms with Crippen molar-refractivity contribution in [3.05, 3.63) is 103 Å². The van der Waals surface area contributed by atoms with E-state index in [0.29, 0.717) is 54.9 Å². The SMILES string of the molecule is Cc1cccc(CNc2ncc([N+](=O)[O-])c(NCC3CCC(N)CC3)n2)c1.NC1CCC(CNc2nc(NCc3cccc(Cl)c3)ncc2[N+](=O)[O-])CC1. The molecule has 2 heterocycles. The van der Waals surface area contributed by atoms with Crippen LogP contribution in [0, 0.1) is 39.0 Å². The molecule has 2 aliphatic carbocycles. The summed E-state index contributed by atoms with van der Waals surface area (Å²) < 4.78 is 0. The Balaban J connectivity index is 0.000000208. The highest BCUT2D eigenvalue weighted by atomic mass is 35.5. The van der Waals surface area contributed by atoms with Crippen LogP contribution in [0.4, 0.5) is 34.9 Å². The summed E-state index contributed by atoms with van der Waals surface area (Å²) in [6.45, 7) is 4.35. The Bertz CT molecular complexity index is 1720. The number of halogens is 1. The summed E-state index contributed by atoms with van der Waals surface area (Å²) in [7, 11) is 0. The van der Waals surface area contributed by atoms with Crippen LogP contribution in [0.1, 0.15) is 68.1 Å². The van der Waals surface area contributed by atoms with Gasteiger partial charge in [-0.05, 0) is 93.4 Å². The van der Waals surface area contributed by atoms with Crippen molar-refractivity contribution in [2.24, 2.45) is 23.3 Å². The van der Waals surface area contributed by atoms with Gasteiger partial charge in [-0.2, -0.15) is 9.97 Å². The first kappa shape index (κ1) is 40.0. The fourth-order valence-corrected chi connectivity index (χ4v) is 6.76. The molecule has 2 aromatic heterocycles. The smallest absolute Gasteiger partial charge is 0.329 e. The summed E-state index contributed by atoms with van der Waals surface area (Å²) in [5, 5.41) is 35.7. The fourth-order valence-electron chi connectivity index (χ4n) is 6.55. The van der Waals surface area contributed by atoms with Gasteiger partial charge in [-0.15, -0.1) is 0 Å². The minimum Gasteiger partial charge on any atom is -0.364 e. The maximum Gasteiger partial charge on any atom is 0.329 e. The van der Waals surface area contributed by atoms with Gasteiger partial charge in [0.15, 0.2) is 0 Å². The van der Waals surface area contributed by atoms with Crippen LogP contribution in [0.2, 0.25) is 5.02 Å². The topological polar surface area (TPSA) is 238 Å². The van der Waals surface area contributed by atoms with Crippen molar-refractivity contribution in [3.63, 3.8) is 0 Å². The van der Waals surface area contributed by atoms with Gasteiger partial charge >= 0.3 is 11.4 Å². The zero-order chi connectivity index (χ0) is 38.5. The van der Waals surface area contributed by atoms with Gasteiger partial charge in [0.1, 0.15) is 12.4 Å². The van der Waals surface area contributed by atoms with Crippen LogP contribution in [0.5, 0.6) is 0 Å². The maximum atomic E-state index is 11.3. The molecule has 54 heavy (non-hydrogen) atoms. The number of aryl methyl sites for hydroxylation is 1. The molecule has 2 aromatic carbocycles. The average molecular weight is 761 g/mol. The van der Waals surface area contributed by atoms with Crippen molar-refractivity contribution < 1.29 is 9.85 Å². The molecule has 0 aliphatic heterocycles. The van der Waals surface area contributed by atoms with Gasteiger partial charge < -0.3 is 32.7 Å². The largest absolute Gasteiger partial charge is 0.364 e. The van der Waals surface area contributed by atoms with Crippen molar-refractivity contribution in [2.75, 3.05) is 34.4 Å². The Morgan fingerprint density at radius 2 is 1.13 bits per heavy atom. The van der Waals surface area contributed by atoms with Crippen LogP contribution in [0.15, 0.2) is 60.9 Å². The van der Waals surface area contributed by atoms with Gasteiger partial charge in [0.05, 0.1) is 9.85 Å². The molecule has 2 fully saturated rings. The molecule has 0 radical (unpaired) electrons. The number of nitro groups is 2. The number of benzene rings is 2. The lowest BCUT2D eigenvalue weighted by Gasteiger charge is -2.26. The van der Waals surface area contributed by atoms with E-state index in [2.05, 4.69) is 47.3 Å². The molecule has 8 N–H and O–H groups in total. The number of hydrogen-bond acceptors (Lipinski definition) is 14. The number of nitrogens with one attached hydrogen (secondary N) is 4. The molecule has 288 valence electrons. The summed E-state index contributed by atoms with van der Waals surface area (Å²) >= 11 is 5.98. The van der Waals surface area contributed by atoms with E-state index < -0.39 is 9.85 Å². The van der Waals surface area contributed by atoms with Crippen molar-refractivity contribution in [1.29, 1.82) is 0 Å². The molecule has 2 saturated carbocycles. The zero-order valence-corrected chi connectivity index (χ0v) is 31.2. The number of anilines is 4. The maximum absolute atomic E-state index is 11.3. The third kappa shape index (κ3) is 12.5. The van der Waals surface area contributed by atoms with E-state index in [1.165, 1.54) is 18.0 Å². The quantitative estimate of drug-likeness (QED) is 0.0572. The minimum absolute atomic E-state index is 0.108. The molecule has 6 rings (SSSR count). The van der Waals surface area contributed by atoms with Crippen molar-refractivity contribution in [1.82, 2.24) is 19.9 Å². The monoisotopic (exact) mass is 760 g/mol. The Labute approximate surface area is 319 Å². The molecular formula is C37H49ClN12O4. The molecule has 16 nitrogen and oxygen atoms in total. The van der Waals surface area contributed by atoms with E-state index >= 15 is 0 Å². The number of nitrogens with zero attached hydrogens (tertiary/aromatic N) is 6. The Kier molecular flexibility index (Phi) is 14.6. The molecule has 0 bridgehead atoms. The number of hydrogen-bond donors (Lipinski definition) is 6. The molecule has 0 saturated heterocycles. The highest BCUT2D eigenvalue weighted by Gasteiger charge is 2.23. The Hall–Kier alpha value is -5.19. The highest BCUT2D eigenvalue weighted by molar-refractivity contribution is 6.30. The fraction of sp³-hybridized carbons (Fsp3) is 0.459. The normalized spacial score (nSPS) is 19.5. The van der Waals surface area contributed by atoms with Crippen LogP contribution in [-0.4, -0.2) is 55.0 Å². The molecule has 0 unspecified atom stereocenters. The van der Waals surface area contributed by atoms with E-state index in [4.69, 9.17) is 23.1 Å². The van der Waals surface area contributed by atoms with Crippen LogP contribution in [0.3, 0.4) is 0 Å². The Morgan fingerprint density at radius 1 is 0.685 bits per heavy atom. The summed E-state index contributed by atoms with van der Waals surface area (Å²) in [5.41, 5.74) is 14.9. The molecule has 2 aliphatic rings. The van der Waals surface area contributed by atoms with Crippen molar-refractivity contribution >= 4 is 46.5 Å². The third-order valence-electron chi connectivity index (χ3n) is 9.70. The second-order valence-corrected chi connectivity index (χ2v) is 14.5. The lowest BCUT2D eigenvalue weighted by Crippen LogP contribution is -2.29. The van der Waals surface area contributed by atoms with Crippen LogP contribution in [-0.2, 0) is 13.1 Å². The molecule has 0 spiro atoms. The van der Waals surface area contributed by atoms with Gasteiger partial charge in [-0.3, -0.25) is 20.2 Å². The second kappa shape index (κ2) is 19.8. The van der Waals surface area contributed by atoms with Gasteiger partial charge in [0, 0.05) is 43.3 Å². The van der Waals surface area contributed by atoms with Crippen LogP contribution >= 0.6 is 11.6 Å². The van der Waals surface area contributed by atoms with Crippen molar-refractivity contribution in [2.45, 2.75) is 83.5 Å². The summed E-state index contributed by atoms with van der Waals surface area (Å²) in [6.07, 6.45) is 10.6. The number of aromatic nitrogens is 4. The van der Waals surface area contributed by atoms with Crippen LogP contribution < -0.4 is 32.7 Å². The van der Waals surface area contributed by atoms with Crippen molar-refractivity contribution in [3.8, 4) is 0 Å². The van der Waals surface area contributed by atoms with E-state index in [1.807, 2.05) is 43.3 Å². The van der Waals surface area contributed by atoms with Gasteiger partial charge in [0.25, 0.3) is 0 Å². The van der Waals surface area contributed by atoms with E-state index in [1.54, 1.807) is 6.07 Å². The van der Waals surface area contributed by atoms with E-state index in [9.17, 15) is 20.2 Å². The first-order chi connectivity index (χ1) is 26.0. The third-order valence-corrected chi connectivity index (χ3v) is 9.94. The number of nitrogens with two attached hydrogens (primary N) is 2. The molecule has 4 aromatic rings. The summed E-state index contributed by atoms with van der Waals surface area (Å²) in [5.74, 6) is 2.10. The molecule has 17 heteroatoms. The molecular weight excluding hydrogens is 712 g/mol. The first-order valence-corrected chi connectivity index (χ1v) is 18.7. The van der Waals surface area contributed by atoms with E-state index in [-0.39, 0.29) is 35.1 Å². The van der Waals surface area contributed by atoms with Gasteiger partial charge in [0.2, 0.25) is 23.5 Å². The first-order valence-electron chi connectivity index (χ1n) is 18.3. The second-order valence-electron chi connectivity index (χ2n) is 14.0. The highest BCUT2D eigenvalue weighted by Crippen LogP contribution is 2.28. The van der Waals surface area contributed by atoms with E-state index in [0.717, 1.165) is 62.5 Å². The summed E-state index contributed by atoms with van der Waals surface area (Å²) in [6, 6.07) is 16.1. The Morgan fingerprint density at radius 3 is 1.56 bits per heavy atom. The predicted molar refractivity (Wildman–Crippen MR) is 212 cm³/mol. The lowest BCUT2D eigenvalue weighted by atomic mass is 9.86. The van der Waals surface area contributed by atoms with Gasteiger partial charge in [-0.25, -0.2) is 9.97 Å². The number of rotatable bonds is 14. The molecule has 0 atom stereocenters. The lowest BCUT2D eigenvalue weighted by molar-refractivity contribution is -0.384. The van der Waals surface area contributed by atoms with Gasteiger partial charge in [-0.1, -0.05) is 53.6 Å². The average Bonchev–Trinajstić information content (AvgIpc) is 3.16.